The van der Waals surface area contributed by atoms with Crippen molar-refractivity contribution < 1.29 is 0 Å². The van der Waals surface area contributed by atoms with Crippen molar-refractivity contribution in [3.05, 3.63) is 41.0 Å². The Balaban J connectivity index is 2.41. The second-order valence-corrected chi connectivity index (χ2v) is 4.26. The first kappa shape index (κ1) is 12.7. The second-order valence-electron chi connectivity index (χ2n) is 4.26. The van der Waals surface area contributed by atoms with E-state index in [1.165, 1.54) is 0 Å². The Morgan fingerprint density at radius 1 is 1.39 bits per heavy atom. The third-order valence-electron chi connectivity index (χ3n) is 2.93. The highest BCUT2D eigenvalue weighted by atomic mass is 15.3. The van der Waals surface area contributed by atoms with E-state index < -0.39 is 0 Å². The van der Waals surface area contributed by atoms with Gasteiger partial charge in [-0.3, -0.25) is 10.5 Å². The predicted octanol–water partition coefficient (Wildman–Crippen LogP) is 0.863. The monoisotopic (exact) mass is 246 g/mol. The van der Waals surface area contributed by atoms with Crippen LogP contribution < -0.4 is 11.3 Å². The molecule has 0 aliphatic carbocycles. The van der Waals surface area contributed by atoms with Gasteiger partial charge in [0.15, 0.2) is 0 Å². The molecular formula is C12H18N6. The normalized spacial score (nSPS) is 12.7. The maximum atomic E-state index is 5.67. The van der Waals surface area contributed by atoms with Crippen LogP contribution in [0.3, 0.4) is 0 Å². The summed E-state index contributed by atoms with van der Waals surface area (Å²) in [6, 6.07) is 1.88. The molecule has 96 valence electrons. The van der Waals surface area contributed by atoms with Crippen LogP contribution in [0.25, 0.3) is 0 Å². The average molecular weight is 246 g/mol. The lowest BCUT2D eigenvalue weighted by atomic mass is 10.0. The molecule has 2 aromatic heterocycles. The van der Waals surface area contributed by atoms with Gasteiger partial charge in [-0.25, -0.2) is 5.43 Å². The summed E-state index contributed by atoms with van der Waals surface area (Å²) in [6.07, 6.45) is 3.81. The van der Waals surface area contributed by atoms with E-state index in [1.807, 2.05) is 43.9 Å². The van der Waals surface area contributed by atoms with Crippen molar-refractivity contribution in [1.82, 2.24) is 25.4 Å². The van der Waals surface area contributed by atoms with Gasteiger partial charge < -0.3 is 0 Å². The molecule has 3 N–H and O–H groups in total. The van der Waals surface area contributed by atoms with Gasteiger partial charge in [0.2, 0.25) is 0 Å². The molecule has 1 atom stereocenters. The van der Waals surface area contributed by atoms with Crippen molar-refractivity contribution in [2.24, 2.45) is 5.84 Å². The zero-order valence-corrected chi connectivity index (χ0v) is 10.9. The number of hydrazine groups is 1. The number of nitrogens with one attached hydrogen (secondary N) is 1. The number of rotatable bonds is 4. The van der Waals surface area contributed by atoms with E-state index in [0.717, 1.165) is 29.1 Å². The molecule has 2 heterocycles. The van der Waals surface area contributed by atoms with Crippen LogP contribution in [0.5, 0.6) is 0 Å². The third kappa shape index (κ3) is 2.39. The minimum atomic E-state index is -0.112. The van der Waals surface area contributed by atoms with Crippen molar-refractivity contribution in [2.75, 3.05) is 0 Å². The van der Waals surface area contributed by atoms with Crippen LogP contribution in [0.2, 0.25) is 0 Å². The molecule has 0 amide bonds. The standard InChI is InChI=1S/C12H18N6/c1-4-18-7-10(6-14-18)12(15-13)11-5-8(2)16-17-9(11)3/h5-7,12,15H,4,13H2,1-3H3. The smallest absolute Gasteiger partial charge is 0.0759 e. The zero-order valence-electron chi connectivity index (χ0n) is 10.9. The Bertz CT molecular complexity index is 533. The molecule has 2 rings (SSSR count). The fourth-order valence-electron chi connectivity index (χ4n) is 1.93. The van der Waals surface area contributed by atoms with E-state index in [4.69, 9.17) is 5.84 Å². The van der Waals surface area contributed by atoms with Crippen LogP contribution in [-0.4, -0.2) is 20.0 Å². The molecule has 6 heteroatoms. The van der Waals surface area contributed by atoms with Crippen LogP contribution in [0.1, 0.15) is 35.5 Å². The maximum absolute atomic E-state index is 5.67. The second kappa shape index (κ2) is 5.24. The summed E-state index contributed by atoms with van der Waals surface area (Å²) < 4.78 is 1.87. The molecule has 18 heavy (non-hydrogen) atoms. The van der Waals surface area contributed by atoms with E-state index in [1.54, 1.807) is 0 Å². The summed E-state index contributed by atoms with van der Waals surface area (Å²) in [5, 5.41) is 12.4. The molecule has 0 fully saturated rings. The lowest BCUT2D eigenvalue weighted by Crippen LogP contribution is -2.29. The topological polar surface area (TPSA) is 81.7 Å². The summed E-state index contributed by atoms with van der Waals surface area (Å²) in [4.78, 5) is 0. The van der Waals surface area contributed by atoms with Gasteiger partial charge in [-0.1, -0.05) is 0 Å². The highest BCUT2D eigenvalue weighted by Gasteiger charge is 2.17. The Morgan fingerprint density at radius 2 is 2.17 bits per heavy atom. The van der Waals surface area contributed by atoms with Crippen molar-refractivity contribution in [1.29, 1.82) is 0 Å². The van der Waals surface area contributed by atoms with Crippen molar-refractivity contribution >= 4 is 0 Å². The Hall–Kier alpha value is -1.79. The van der Waals surface area contributed by atoms with E-state index in [0.29, 0.717) is 0 Å². The number of hydrogen-bond donors (Lipinski definition) is 2. The lowest BCUT2D eigenvalue weighted by molar-refractivity contribution is 0.621. The Labute approximate surface area is 106 Å². The maximum Gasteiger partial charge on any atom is 0.0759 e. The first-order chi connectivity index (χ1) is 8.65. The molecule has 0 spiro atoms. The average Bonchev–Trinajstić information content (AvgIpc) is 2.83. The minimum absolute atomic E-state index is 0.112. The molecule has 0 saturated heterocycles. The molecule has 0 aromatic carbocycles. The minimum Gasteiger partial charge on any atom is -0.273 e. The first-order valence-electron chi connectivity index (χ1n) is 5.95. The molecule has 0 radical (unpaired) electrons. The van der Waals surface area contributed by atoms with Gasteiger partial charge in [-0.15, -0.1) is 0 Å². The van der Waals surface area contributed by atoms with Gasteiger partial charge in [-0.2, -0.15) is 15.3 Å². The van der Waals surface area contributed by atoms with Gasteiger partial charge in [0.1, 0.15) is 0 Å². The summed E-state index contributed by atoms with van der Waals surface area (Å²) in [5.41, 5.74) is 6.61. The summed E-state index contributed by atoms with van der Waals surface area (Å²) in [7, 11) is 0. The van der Waals surface area contributed by atoms with Crippen LogP contribution >= 0.6 is 0 Å². The summed E-state index contributed by atoms with van der Waals surface area (Å²) >= 11 is 0. The van der Waals surface area contributed by atoms with Crippen molar-refractivity contribution in [3.63, 3.8) is 0 Å². The van der Waals surface area contributed by atoms with Gasteiger partial charge in [0.05, 0.1) is 23.6 Å². The SMILES string of the molecule is CCn1cc(C(NN)c2cc(C)nnc2C)cn1. The van der Waals surface area contributed by atoms with Gasteiger partial charge >= 0.3 is 0 Å². The Morgan fingerprint density at radius 3 is 2.78 bits per heavy atom. The van der Waals surface area contributed by atoms with Crippen molar-refractivity contribution in [3.8, 4) is 0 Å². The highest BCUT2D eigenvalue weighted by Crippen LogP contribution is 2.22. The van der Waals surface area contributed by atoms with Crippen molar-refractivity contribution in [2.45, 2.75) is 33.4 Å². The molecule has 0 aliphatic heterocycles. The molecule has 0 aliphatic rings. The molecule has 0 saturated carbocycles. The quantitative estimate of drug-likeness (QED) is 0.617. The predicted molar refractivity (Wildman–Crippen MR) is 68.6 cm³/mol. The van der Waals surface area contributed by atoms with E-state index in [2.05, 4.69) is 20.7 Å². The molecule has 2 aromatic rings. The van der Waals surface area contributed by atoms with Gasteiger partial charge in [0.25, 0.3) is 0 Å². The van der Waals surface area contributed by atoms with E-state index in [-0.39, 0.29) is 6.04 Å². The fraction of sp³-hybridized carbons (Fsp3) is 0.417. The molecule has 0 bridgehead atoms. The van der Waals surface area contributed by atoms with Crippen LogP contribution in [0, 0.1) is 13.8 Å². The van der Waals surface area contributed by atoms with Gasteiger partial charge in [0, 0.05) is 18.3 Å². The van der Waals surface area contributed by atoms with E-state index in [9.17, 15) is 0 Å². The molecule has 1 unspecified atom stereocenters. The van der Waals surface area contributed by atoms with Gasteiger partial charge in [-0.05, 0) is 32.4 Å². The number of aromatic nitrogens is 4. The number of hydrogen-bond acceptors (Lipinski definition) is 5. The number of nitrogens with two attached hydrogens (primary N) is 1. The fourth-order valence-corrected chi connectivity index (χ4v) is 1.93. The van der Waals surface area contributed by atoms with Crippen LogP contribution in [0.15, 0.2) is 18.5 Å². The summed E-state index contributed by atoms with van der Waals surface area (Å²) in [6.45, 7) is 6.73. The lowest BCUT2D eigenvalue weighted by Gasteiger charge is -2.16. The number of aryl methyl sites for hydroxylation is 3. The first-order valence-corrected chi connectivity index (χ1v) is 5.95. The molecular weight excluding hydrogens is 228 g/mol. The third-order valence-corrected chi connectivity index (χ3v) is 2.93. The summed E-state index contributed by atoms with van der Waals surface area (Å²) in [5.74, 6) is 5.67. The largest absolute Gasteiger partial charge is 0.273 e. The Kier molecular flexibility index (Phi) is 3.69. The number of nitrogens with zero attached hydrogens (tertiary/aromatic N) is 4. The van der Waals surface area contributed by atoms with E-state index >= 15 is 0 Å². The van der Waals surface area contributed by atoms with Crippen LogP contribution in [-0.2, 0) is 6.54 Å². The zero-order chi connectivity index (χ0) is 13.1. The highest BCUT2D eigenvalue weighted by molar-refractivity contribution is 5.31. The van der Waals surface area contributed by atoms with Crippen LogP contribution in [0.4, 0.5) is 0 Å². The molecule has 6 nitrogen and oxygen atoms in total.